The molecule has 1 aromatic heterocycles. The number of aromatic amines is 1. The first-order chi connectivity index (χ1) is 18.7. The van der Waals surface area contributed by atoms with E-state index in [9.17, 15) is 18.0 Å². The first-order valence-electron chi connectivity index (χ1n) is 11.5. The Labute approximate surface area is 238 Å². The lowest BCUT2D eigenvalue weighted by molar-refractivity contribution is 0.409. The van der Waals surface area contributed by atoms with Crippen molar-refractivity contribution in [2.24, 2.45) is 5.73 Å². The molecule has 3 aromatic carbocycles. The monoisotopic (exact) mass is 657 g/mol. The van der Waals surface area contributed by atoms with Gasteiger partial charge in [-0.1, -0.05) is 11.8 Å². The van der Waals surface area contributed by atoms with Crippen LogP contribution in [0.4, 0.5) is 11.4 Å². The van der Waals surface area contributed by atoms with Gasteiger partial charge in [-0.3, -0.25) is 19.1 Å². The van der Waals surface area contributed by atoms with Crippen molar-refractivity contribution >= 4 is 44.0 Å². The van der Waals surface area contributed by atoms with Crippen LogP contribution >= 0.6 is 22.6 Å². The molecule has 0 atom stereocenters. The molecule has 0 fully saturated rings. The third kappa shape index (κ3) is 6.17. The van der Waals surface area contributed by atoms with Crippen molar-refractivity contribution in [3.05, 3.63) is 108 Å². The number of rotatable bonds is 7. The van der Waals surface area contributed by atoms with Gasteiger partial charge in [0.05, 0.1) is 21.3 Å². The number of benzene rings is 3. The molecule has 4 aromatic rings. The van der Waals surface area contributed by atoms with Gasteiger partial charge in [0.1, 0.15) is 0 Å². The highest BCUT2D eigenvalue weighted by atomic mass is 127. The molecular weight excluding hydrogens is 633 g/mol. The summed E-state index contributed by atoms with van der Waals surface area (Å²) < 4.78 is 35.7. The molecule has 0 aliphatic heterocycles. The number of hydrogen-bond acceptors (Lipinski definition) is 7. The Kier molecular flexibility index (Phi) is 8.44. The fourth-order valence-electron chi connectivity index (χ4n) is 3.73. The van der Waals surface area contributed by atoms with E-state index in [1.54, 1.807) is 49.5 Å². The van der Waals surface area contributed by atoms with E-state index in [4.69, 9.17) is 10.5 Å². The van der Waals surface area contributed by atoms with Gasteiger partial charge in [0.25, 0.3) is 15.6 Å². The first kappa shape index (κ1) is 28.0. The van der Waals surface area contributed by atoms with Gasteiger partial charge >= 0.3 is 5.69 Å². The van der Waals surface area contributed by atoms with Crippen molar-refractivity contribution in [1.29, 1.82) is 0 Å². The van der Waals surface area contributed by atoms with Crippen molar-refractivity contribution in [2.75, 3.05) is 24.2 Å². The third-order valence-corrected chi connectivity index (χ3v) is 8.19. The van der Waals surface area contributed by atoms with Crippen LogP contribution in [0.2, 0.25) is 0 Å². The van der Waals surface area contributed by atoms with Crippen LogP contribution in [0, 0.1) is 15.4 Å². The molecule has 200 valence electrons. The molecule has 0 radical (unpaired) electrons. The number of ether oxygens (including phenoxy) is 1. The van der Waals surface area contributed by atoms with Gasteiger partial charge in [-0.05, 0) is 82.8 Å². The molecule has 0 bridgehead atoms. The highest BCUT2D eigenvalue weighted by Gasteiger charge is 2.16. The zero-order valence-electron chi connectivity index (χ0n) is 20.9. The molecule has 39 heavy (non-hydrogen) atoms. The maximum absolute atomic E-state index is 12.8. The minimum Gasteiger partial charge on any atom is -0.493 e. The fourth-order valence-corrected chi connectivity index (χ4v) is 5.59. The number of hydrogen-bond donors (Lipinski definition) is 4. The van der Waals surface area contributed by atoms with Crippen molar-refractivity contribution < 1.29 is 13.2 Å². The molecule has 0 aliphatic carbocycles. The lowest BCUT2D eigenvalue weighted by Crippen LogP contribution is -2.27. The number of anilines is 2. The second-order valence-corrected chi connectivity index (χ2v) is 10.9. The lowest BCUT2D eigenvalue weighted by Gasteiger charge is -2.13. The SMILES string of the molecule is CNc1ccc(S(=O)(=O)Nc2ccc(C#Cc3ccc(-n4ccc(=O)[nH]c4=O)c(OC)c3I)c(CN)c2)cc1. The van der Waals surface area contributed by atoms with E-state index in [1.165, 1.54) is 36.1 Å². The van der Waals surface area contributed by atoms with E-state index in [2.05, 4.69) is 49.5 Å². The summed E-state index contributed by atoms with van der Waals surface area (Å²) in [4.78, 5) is 26.1. The summed E-state index contributed by atoms with van der Waals surface area (Å²) >= 11 is 2.08. The Morgan fingerprint density at radius 1 is 1.00 bits per heavy atom. The molecule has 0 saturated carbocycles. The molecule has 10 nitrogen and oxygen atoms in total. The minimum absolute atomic E-state index is 0.135. The highest BCUT2D eigenvalue weighted by Crippen LogP contribution is 2.30. The summed E-state index contributed by atoms with van der Waals surface area (Å²) in [6.45, 7) is 0.144. The van der Waals surface area contributed by atoms with Crippen LogP contribution in [-0.4, -0.2) is 32.1 Å². The average molecular weight is 657 g/mol. The summed E-state index contributed by atoms with van der Waals surface area (Å²) in [6.07, 6.45) is 1.38. The van der Waals surface area contributed by atoms with Gasteiger partial charge in [0.2, 0.25) is 0 Å². The van der Waals surface area contributed by atoms with Gasteiger partial charge in [-0.15, -0.1) is 0 Å². The predicted octanol–water partition coefficient (Wildman–Crippen LogP) is 2.84. The molecule has 0 unspecified atom stereocenters. The zero-order valence-corrected chi connectivity index (χ0v) is 23.9. The number of methoxy groups -OCH3 is 1. The quantitative estimate of drug-likeness (QED) is 0.177. The highest BCUT2D eigenvalue weighted by molar-refractivity contribution is 14.1. The summed E-state index contributed by atoms with van der Waals surface area (Å²) in [6, 6.07) is 16.1. The summed E-state index contributed by atoms with van der Waals surface area (Å²) in [5.74, 6) is 6.62. The van der Waals surface area contributed by atoms with Crippen LogP contribution < -0.4 is 31.8 Å². The number of nitrogens with two attached hydrogens (primary N) is 1. The fraction of sp³-hybridized carbons (Fsp3) is 0.111. The van der Waals surface area contributed by atoms with Crippen molar-refractivity contribution in [3.63, 3.8) is 0 Å². The average Bonchev–Trinajstić information content (AvgIpc) is 2.92. The largest absolute Gasteiger partial charge is 0.493 e. The van der Waals surface area contributed by atoms with Gasteiger partial charge in [-0.25, -0.2) is 13.2 Å². The van der Waals surface area contributed by atoms with Gasteiger partial charge in [0.15, 0.2) is 5.75 Å². The maximum Gasteiger partial charge on any atom is 0.333 e. The number of aromatic nitrogens is 2. The van der Waals surface area contributed by atoms with Crippen LogP contribution in [-0.2, 0) is 16.6 Å². The van der Waals surface area contributed by atoms with Gasteiger partial charge in [0, 0.05) is 48.4 Å². The molecule has 5 N–H and O–H groups in total. The second-order valence-electron chi connectivity index (χ2n) is 8.17. The van der Waals surface area contributed by atoms with Gasteiger partial charge in [-0.2, -0.15) is 0 Å². The van der Waals surface area contributed by atoms with Crippen LogP contribution in [0.5, 0.6) is 5.75 Å². The number of sulfonamides is 1. The Bertz CT molecular complexity index is 1820. The molecule has 0 amide bonds. The van der Waals surface area contributed by atoms with E-state index in [-0.39, 0.29) is 11.4 Å². The number of H-pyrrole nitrogens is 1. The van der Waals surface area contributed by atoms with Crippen molar-refractivity contribution in [1.82, 2.24) is 9.55 Å². The van der Waals surface area contributed by atoms with Gasteiger partial charge < -0.3 is 15.8 Å². The first-order valence-corrected chi connectivity index (χ1v) is 14.1. The zero-order chi connectivity index (χ0) is 28.2. The van der Waals surface area contributed by atoms with E-state index < -0.39 is 21.3 Å². The normalized spacial score (nSPS) is 10.9. The molecular formula is C27H24IN5O5S. The molecule has 1 heterocycles. The van der Waals surface area contributed by atoms with Crippen LogP contribution in [0.3, 0.4) is 0 Å². The Balaban J connectivity index is 1.64. The standard InChI is InChI=1S/C27H24IN5O5S/c1-30-20-8-10-22(11-9-20)39(36,37)32-21-7-5-17(19(15-21)16-29)3-4-18-6-12-23(26(38-2)25(18)28)33-14-13-24(34)31-27(33)35/h5-15,30,32H,16,29H2,1-2H3,(H,31,34,35). The summed E-state index contributed by atoms with van der Waals surface area (Å²) in [5, 5.41) is 2.95. The molecule has 12 heteroatoms. The number of nitrogens with one attached hydrogen (secondary N) is 3. The second kappa shape index (κ2) is 11.8. The summed E-state index contributed by atoms with van der Waals surface area (Å²) in [7, 11) is -0.554. The Morgan fingerprint density at radius 3 is 2.31 bits per heavy atom. The predicted molar refractivity (Wildman–Crippen MR) is 159 cm³/mol. The van der Waals surface area contributed by atoms with Crippen molar-refractivity contribution in [2.45, 2.75) is 11.4 Å². The number of halogens is 1. The molecule has 4 rings (SSSR count). The van der Waals surface area contributed by atoms with E-state index in [0.717, 1.165) is 5.69 Å². The Hall–Kier alpha value is -4.06. The topological polar surface area (TPSA) is 148 Å². The maximum atomic E-state index is 12.8. The molecule has 0 spiro atoms. The Morgan fingerprint density at radius 2 is 1.67 bits per heavy atom. The van der Waals surface area contributed by atoms with E-state index in [0.29, 0.717) is 37.4 Å². The van der Waals surface area contributed by atoms with Crippen molar-refractivity contribution in [3.8, 4) is 23.3 Å². The lowest BCUT2D eigenvalue weighted by atomic mass is 10.1. The summed E-state index contributed by atoms with van der Waals surface area (Å²) in [5.41, 5.74) is 8.42. The molecule has 0 saturated heterocycles. The van der Waals surface area contributed by atoms with Crippen LogP contribution in [0.25, 0.3) is 5.69 Å². The van der Waals surface area contributed by atoms with Crippen LogP contribution in [0.1, 0.15) is 16.7 Å². The smallest absolute Gasteiger partial charge is 0.333 e. The molecule has 0 aliphatic rings. The van der Waals surface area contributed by atoms with E-state index in [1.807, 2.05) is 0 Å². The van der Waals surface area contributed by atoms with E-state index >= 15 is 0 Å². The number of nitrogens with zero attached hydrogens (tertiary/aromatic N) is 1. The van der Waals surface area contributed by atoms with Crippen LogP contribution in [0.15, 0.2) is 81.3 Å². The third-order valence-electron chi connectivity index (χ3n) is 5.73. The minimum atomic E-state index is -3.79.